The minimum absolute atomic E-state index is 0.362. The fraction of sp³-hybridized carbons (Fsp3) is 0.364. The van der Waals surface area contributed by atoms with Gasteiger partial charge in [-0.2, -0.15) is 5.10 Å². The standard InChI is InChI=1S/C11H14N4O2S/c1-5-8(6(2)15-14-5)13-11-12-7(3)9(18-11)10(16)17-4/h1-4H3,(H,12,13)(H,14,15). The van der Waals surface area contributed by atoms with Crippen molar-refractivity contribution < 1.29 is 9.53 Å². The van der Waals surface area contributed by atoms with E-state index < -0.39 is 0 Å². The number of rotatable bonds is 3. The summed E-state index contributed by atoms with van der Waals surface area (Å²) in [5, 5.41) is 10.8. The number of ether oxygens (including phenoxy) is 1. The molecule has 0 saturated heterocycles. The highest BCUT2D eigenvalue weighted by atomic mass is 32.1. The summed E-state index contributed by atoms with van der Waals surface area (Å²) in [5.41, 5.74) is 3.34. The minimum atomic E-state index is -0.362. The molecule has 2 rings (SSSR count). The van der Waals surface area contributed by atoms with Gasteiger partial charge in [-0.25, -0.2) is 9.78 Å². The molecule has 18 heavy (non-hydrogen) atoms. The molecule has 0 spiro atoms. The Morgan fingerprint density at radius 2 is 2.06 bits per heavy atom. The van der Waals surface area contributed by atoms with Gasteiger partial charge < -0.3 is 10.1 Å². The van der Waals surface area contributed by atoms with Gasteiger partial charge in [0, 0.05) is 0 Å². The molecule has 0 radical (unpaired) electrons. The van der Waals surface area contributed by atoms with Crippen LogP contribution < -0.4 is 5.32 Å². The normalized spacial score (nSPS) is 10.4. The predicted molar refractivity (Wildman–Crippen MR) is 69.5 cm³/mol. The molecule has 0 unspecified atom stereocenters. The van der Waals surface area contributed by atoms with Gasteiger partial charge in [0.15, 0.2) is 5.13 Å². The molecule has 2 N–H and O–H groups in total. The average Bonchev–Trinajstić information content (AvgIpc) is 2.86. The van der Waals surface area contributed by atoms with Crippen molar-refractivity contribution in [3.63, 3.8) is 0 Å². The number of anilines is 2. The molecule has 2 aromatic rings. The van der Waals surface area contributed by atoms with E-state index in [9.17, 15) is 4.79 Å². The maximum Gasteiger partial charge on any atom is 0.350 e. The van der Waals surface area contributed by atoms with Crippen LogP contribution in [0.2, 0.25) is 0 Å². The lowest BCUT2D eigenvalue weighted by molar-refractivity contribution is 0.0605. The molecule has 0 saturated carbocycles. The van der Waals surface area contributed by atoms with E-state index >= 15 is 0 Å². The van der Waals surface area contributed by atoms with Crippen LogP contribution in [0.5, 0.6) is 0 Å². The Balaban J connectivity index is 2.28. The third-order valence-corrected chi connectivity index (χ3v) is 3.58. The number of H-pyrrole nitrogens is 1. The van der Waals surface area contributed by atoms with Crippen LogP contribution >= 0.6 is 11.3 Å². The summed E-state index contributed by atoms with van der Waals surface area (Å²) in [6.45, 7) is 5.60. The zero-order valence-electron chi connectivity index (χ0n) is 10.6. The first-order chi connectivity index (χ1) is 8.52. The molecule has 0 aliphatic heterocycles. The van der Waals surface area contributed by atoms with Crippen LogP contribution in [0.15, 0.2) is 0 Å². The Morgan fingerprint density at radius 3 is 2.61 bits per heavy atom. The van der Waals surface area contributed by atoms with Gasteiger partial charge >= 0.3 is 5.97 Å². The molecule has 7 heteroatoms. The number of thiazole rings is 1. The number of hydrogen-bond acceptors (Lipinski definition) is 6. The van der Waals surface area contributed by atoms with Crippen LogP contribution in [0.1, 0.15) is 26.8 Å². The highest BCUT2D eigenvalue weighted by Gasteiger charge is 2.17. The monoisotopic (exact) mass is 266 g/mol. The second kappa shape index (κ2) is 4.77. The van der Waals surface area contributed by atoms with Gasteiger partial charge in [-0.15, -0.1) is 0 Å². The second-order valence-corrected chi connectivity index (χ2v) is 4.86. The van der Waals surface area contributed by atoms with E-state index in [0.29, 0.717) is 15.7 Å². The lowest BCUT2D eigenvalue weighted by Crippen LogP contribution is -1.99. The van der Waals surface area contributed by atoms with Crippen molar-refractivity contribution in [1.29, 1.82) is 0 Å². The molecule has 0 bridgehead atoms. The predicted octanol–water partition coefficient (Wildman–Crippen LogP) is 2.32. The summed E-state index contributed by atoms with van der Waals surface area (Å²) in [5.74, 6) is -0.362. The van der Waals surface area contributed by atoms with Crippen molar-refractivity contribution in [2.75, 3.05) is 12.4 Å². The number of aromatic nitrogens is 3. The smallest absolute Gasteiger partial charge is 0.350 e. The van der Waals surface area contributed by atoms with E-state index in [4.69, 9.17) is 4.74 Å². The number of methoxy groups -OCH3 is 1. The van der Waals surface area contributed by atoms with Crippen LogP contribution in [0.25, 0.3) is 0 Å². The number of esters is 1. The summed E-state index contributed by atoms with van der Waals surface area (Å²) in [7, 11) is 1.36. The summed E-state index contributed by atoms with van der Waals surface area (Å²) >= 11 is 1.27. The lowest BCUT2D eigenvalue weighted by atomic mass is 10.3. The van der Waals surface area contributed by atoms with Gasteiger partial charge in [-0.1, -0.05) is 11.3 Å². The van der Waals surface area contributed by atoms with Gasteiger partial charge in [-0.3, -0.25) is 5.10 Å². The fourth-order valence-electron chi connectivity index (χ4n) is 1.57. The number of aromatic amines is 1. The minimum Gasteiger partial charge on any atom is -0.465 e. The summed E-state index contributed by atoms with van der Waals surface area (Å²) in [6.07, 6.45) is 0. The molecule has 2 heterocycles. The Hall–Kier alpha value is -1.89. The maximum absolute atomic E-state index is 11.5. The largest absolute Gasteiger partial charge is 0.465 e. The summed E-state index contributed by atoms with van der Waals surface area (Å²) in [6, 6.07) is 0. The van der Waals surface area contributed by atoms with E-state index in [1.54, 1.807) is 6.92 Å². The van der Waals surface area contributed by atoms with Gasteiger partial charge in [0.25, 0.3) is 0 Å². The van der Waals surface area contributed by atoms with Gasteiger partial charge in [0.05, 0.1) is 29.9 Å². The van der Waals surface area contributed by atoms with E-state index in [-0.39, 0.29) is 5.97 Å². The van der Waals surface area contributed by atoms with Crippen LogP contribution in [-0.2, 0) is 4.74 Å². The number of nitrogens with zero attached hydrogens (tertiary/aromatic N) is 2. The third kappa shape index (κ3) is 2.21. The van der Waals surface area contributed by atoms with Crippen molar-refractivity contribution in [1.82, 2.24) is 15.2 Å². The summed E-state index contributed by atoms with van der Waals surface area (Å²) < 4.78 is 4.70. The zero-order chi connectivity index (χ0) is 13.3. The first-order valence-corrected chi connectivity index (χ1v) is 6.19. The molecular weight excluding hydrogens is 252 g/mol. The molecule has 0 aliphatic rings. The van der Waals surface area contributed by atoms with Gasteiger partial charge in [0.2, 0.25) is 0 Å². The molecule has 0 aromatic carbocycles. The van der Waals surface area contributed by atoms with Crippen LogP contribution in [-0.4, -0.2) is 28.3 Å². The first-order valence-electron chi connectivity index (χ1n) is 5.37. The number of carbonyl (C=O) groups excluding carboxylic acids is 1. The molecular formula is C11H14N4O2S. The molecule has 0 aliphatic carbocycles. The Labute approximate surface area is 108 Å². The number of aryl methyl sites for hydroxylation is 3. The van der Waals surface area contributed by atoms with E-state index in [1.165, 1.54) is 18.4 Å². The highest BCUT2D eigenvalue weighted by molar-refractivity contribution is 7.17. The molecule has 0 fully saturated rings. The topological polar surface area (TPSA) is 79.9 Å². The molecule has 96 valence electrons. The van der Waals surface area contributed by atoms with Gasteiger partial charge in [0.1, 0.15) is 4.88 Å². The Morgan fingerprint density at radius 1 is 1.33 bits per heavy atom. The lowest BCUT2D eigenvalue weighted by Gasteiger charge is -2.01. The van der Waals surface area contributed by atoms with Gasteiger partial charge in [-0.05, 0) is 20.8 Å². The van der Waals surface area contributed by atoms with Crippen molar-refractivity contribution in [3.05, 3.63) is 22.0 Å². The third-order valence-electron chi connectivity index (χ3n) is 2.53. The molecule has 2 aromatic heterocycles. The Bertz CT molecular complexity index is 568. The fourth-order valence-corrected chi connectivity index (χ4v) is 2.46. The van der Waals surface area contributed by atoms with Crippen molar-refractivity contribution >= 4 is 28.1 Å². The van der Waals surface area contributed by atoms with Crippen molar-refractivity contribution in [2.24, 2.45) is 0 Å². The average molecular weight is 266 g/mol. The zero-order valence-corrected chi connectivity index (χ0v) is 11.4. The molecule has 6 nitrogen and oxygen atoms in total. The van der Waals surface area contributed by atoms with Crippen molar-refractivity contribution in [3.8, 4) is 0 Å². The van der Waals surface area contributed by atoms with Crippen LogP contribution in [0, 0.1) is 20.8 Å². The SMILES string of the molecule is COC(=O)c1sc(Nc2c(C)n[nH]c2C)nc1C. The van der Waals surface area contributed by atoms with Crippen molar-refractivity contribution in [2.45, 2.75) is 20.8 Å². The van der Waals surface area contributed by atoms with E-state index in [1.807, 2.05) is 13.8 Å². The highest BCUT2D eigenvalue weighted by Crippen LogP contribution is 2.28. The van der Waals surface area contributed by atoms with E-state index in [2.05, 4.69) is 20.5 Å². The number of carbonyl (C=O) groups is 1. The molecule has 0 atom stereocenters. The number of nitrogens with one attached hydrogen (secondary N) is 2. The van der Waals surface area contributed by atoms with E-state index in [0.717, 1.165) is 17.1 Å². The maximum atomic E-state index is 11.5. The summed E-state index contributed by atoms with van der Waals surface area (Å²) in [4.78, 5) is 16.3. The van der Waals surface area contributed by atoms with Crippen LogP contribution in [0.3, 0.4) is 0 Å². The number of hydrogen-bond donors (Lipinski definition) is 2. The second-order valence-electron chi connectivity index (χ2n) is 3.86. The van der Waals surface area contributed by atoms with Crippen LogP contribution in [0.4, 0.5) is 10.8 Å². The first kappa shape index (κ1) is 12.6. The quantitative estimate of drug-likeness (QED) is 0.833. The Kier molecular flexibility index (Phi) is 3.33. The molecule has 0 amide bonds.